The summed E-state index contributed by atoms with van der Waals surface area (Å²) in [6.45, 7) is 0.132. The van der Waals surface area contributed by atoms with Gasteiger partial charge in [0.15, 0.2) is 5.78 Å². The Hall–Kier alpha value is -5.11. The first kappa shape index (κ1) is 30.4. The molecule has 1 amide bonds. The summed E-state index contributed by atoms with van der Waals surface area (Å²) >= 11 is 0. The smallest absolute Gasteiger partial charge is 0.410 e. The molecule has 1 fully saturated rings. The van der Waals surface area contributed by atoms with Gasteiger partial charge in [-0.15, -0.1) is 0 Å². The third-order valence-electron chi connectivity index (χ3n) is 8.43. The molecule has 4 aromatic rings. The Bertz CT molecular complexity index is 1570. The van der Waals surface area contributed by atoms with Crippen LogP contribution in [0.4, 0.5) is 4.79 Å². The number of hydrogen-bond donors (Lipinski definition) is 1. The summed E-state index contributed by atoms with van der Waals surface area (Å²) in [4.78, 5) is 42.9. The lowest BCUT2D eigenvalue weighted by molar-refractivity contribution is -0.147. The van der Waals surface area contributed by atoms with E-state index in [2.05, 4.69) is 0 Å². The second-order valence-electron chi connectivity index (χ2n) is 10.9. The largest absolute Gasteiger partial charge is 0.497 e. The van der Waals surface area contributed by atoms with Crippen molar-refractivity contribution in [2.45, 2.75) is 36.8 Å². The summed E-state index contributed by atoms with van der Waals surface area (Å²) in [5.41, 5.74) is 1.16. The first-order chi connectivity index (χ1) is 21.4. The van der Waals surface area contributed by atoms with Crippen molar-refractivity contribution in [3.8, 4) is 11.5 Å². The Morgan fingerprint density at radius 1 is 0.818 bits per heavy atom. The van der Waals surface area contributed by atoms with Crippen LogP contribution in [0.3, 0.4) is 0 Å². The number of carboxylic acid groups (broad SMARTS) is 1. The molecular formula is C36H35NO7. The van der Waals surface area contributed by atoms with Crippen LogP contribution in [0.5, 0.6) is 11.5 Å². The zero-order valence-corrected chi connectivity index (χ0v) is 24.7. The molecule has 1 heterocycles. The lowest BCUT2D eigenvalue weighted by atomic mass is 9.66. The van der Waals surface area contributed by atoms with Crippen LogP contribution in [0.25, 0.3) is 0 Å². The Labute approximate surface area is 256 Å². The normalized spacial score (nSPS) is 18.6. The van der Waals surface area contributed by atoms with Gasteiger partial charge >= 0.3 is 12.1 Å². The maximum absolute atomic E-state index is 14.5. The summed E-state index contributed by atoms with van der Waals surface area (Å²) in [6, 6.07) is 31.4. The van der Waals surface area contributed by atoms with E-state index in [9.17, 15) is 19.5 Å². The van der Waals surface area contributed by atoms with E-state index in [1.165, 1.54) is 4.90 Å². The first-order valence-corrected chi connectivity index (χ1v) is 14.4. The second kappa shape index (κ2) is 13.5. The number of benzene rings is 4. The summed E-state index contributed by atoms with van der Waals surface area (Å²) in [5.74, 6) is -0.952. The molecule has 1 N–H and O–H groups in total. The molecule has 0 aliphatic carbocycles. The monoisotopic (exact) mass is 593 g/mol. The quantitative estimate of drug-likeness (QED) is 0.210. The van der Waals surface area contributed by atoms with Gasteiger partial charge in [0.25, 0.3) is 0 Å². The number of ether oxygens (including phenoxy) is 3. The fraction of sp³-hybridized carbons (Fsp3) is 0.250. The lowest BCUT2D eigenvalue weighted by Gasteiger charge is -2.46. The van der Waals surface area contributed by atoms with Gasteiger partial charge in [-0.3, -0.25) is 9.59 Å². The van der Waals surface area contributed by atoms with E-state index in [1.807, 2.05) is 36.4 Å². The third-order valence-corrected chi connectivity index (χ3v) is 8.43. The van der Waals surface area contributed by atoms with Gasteiger partial charge in [0.1, 0.15) is 18.1 Å². The van der Waals surface area contributed by atoms with Gasteiger partial charge < -0.3 is 24.2 Å². The number of aliphatic carboxylic acids is 1. The molecule has 44 heavy (non-hydrogen) atoms. The third kappa shape index (κ3) is 6.29. The van der Waals surface area contributed by atoms with Gasteiger partial charge in [-0.2, -0.15) is 0 Å². The van der Waals surface area contributed by atoms with E-state index in [-0.39, 0.29) is 31.8 Å². The number of amides is 1. The molecule has 5 rings (SSSR count). The average molecular weight is 594 g/mol. The van der Waals surface area contributed by atoms with Crippen LogP contribution in [-0.4, -0.2) is 54.7 Å². The van der Waals surface area contributed by atoms with Gasteiger partial charge in [-0.1, -0.05) is 72.8 Å². The van der Waals surface area contributed by atoms with Crippen LogP contribution in [0.15, 0.2) is 109 Å². The van der Waals surface area contributed by atoms with Gasteiger partial charge in [0.2, 0.25) is 0 Å². The SMILES string of the molecule is COc1ccc(C(=O)C(c2ccc(OC)cc2)C2CC(C(=O)O)(c3ccccc3)CCN2C(=O)OCc2ccccc2)cc1. The van der Waals surface area contributed by atoms with E-state index in [4.69, 9.17) is 14.2 Å². The van der Waals surface area contributed by atoms with Crippen LogP contribution < -0.4 is 9.47 Å². The minimum absolute atomic E-state index is 0.00533. The Kier molecular flexibility index (Phi) is 9.29. The van der Waals surface area contributed by atoms with E-state index in [0.717, 1.165) is 5.56 Å². The first-order valence-electron chi connectivity index (χ1n) is 14.4. The molecule has 8 heteroatoms. The number of hydrogen-bond acceptors (Lipinski definition) is 6. The number of Topliss-reactive ketones (excluding diaryl/α,β-unsaturated/α-hetero) is 1. The lowest BCUT2D eigenvalue weighted by Crippen LogP contribution is -2.57. The van der Waals surface area contributed by atoms with Crippen molar-refractivity contribution >= 4 is 17.8 Å². The minimum atomic E-state index is -1.33. The van der Waals surface area contributed by atoms with Gasteiger partial charge in [-0.05, 0) is 65.9 Å². The molecule has 1 saturated heterocycles. The molecule has 3 atom stereocenters. The Morgan fingerprint density at radius 3 is 1.95 bits per heavy atom. The predicted molar refractivity (Wildman–Crippen MR) is 165 cm³/mol. The predicted octanol–water partition coefficient (Wildman–Crippen LogP) is 6.49. The molecule has 3 unspecified atom stereocenters. The van der Waals surface area contributed by atoms with E-state index < -0.39 is 29.4 Å². The Morgan fingerprint density at radius 2 is 1.39 bits per heavy atom. The highest BCUT2D eigenvalue weighted by Crippen LogP contribution is 2.44. The Balaban J connectivity index is 1.60. The second-order valence-corrected chi connectivity index (χ2v) is 10.9. The van der Waals surface area contributed by atoms with Crippen molar-refractivity contribution in [1.29, 1.82) is 0 Å². The molecule has 1 aliphatic heterocycles. The molecule has 226 valence electrons. The van der Waals surface area contributed by atoms with Crippen molar-refractivity contribution in [2.24, 2.45) is 0 Å². The number of nitrogens with zero attached hydrogens (tertiary/aromatic N) is 1. The van der Waals surface area contributed by atoms with Gasteiger partial charge in [0, 0.05) is 12.1 Å². The fourth-order valence-electron chi connectivity index (χ4n) is 6.00. The topological polar surface area (TPSA) is 102 Å². The average Bonchev–Trinajstić information content (AvgIpc) is 3.08. The molecule has 0 spiro atoms. The van der Waals surface area contributed by atoms with Crippen molar-refractivity contribution in [3.05, 3.63) is 131 Å². The number of rotatable bonds is 10. The summed E-state index contributed by atoms with van der Waals surface area (Å²) < 4.78 is 16.4. The number of carbonyl (C=O) groups is 3. The molecule has 4 aromatic carbocycles. The molecule has 8 nitrogen and oxygen atoms in total. The molecular weight excluding hydrogens is 558 g/mol. The number of ketones is 1. The van der Waals surface area contributed by atoms with Gasteiger partial charge in [0.05, 0.1) is 31.6 Å². The number of carbonyl (C=O) groups excluding carboxylic acids is 2. The van der Waals surface area contributed by atoms with Crippen molar-refractivity contribution < 1.29 is 33.7 Å². The highest BCUT2D eigenvalue weighted by molar-refractivity contribution is 6.02. The number of piperidine rings is 1. The van der Waals surface area contributed by atoms with Crippen molar-refractivity contribution in [2.75, 3.05) is 20.8 Å². The number of methoxy groups -OCH3 is 2. The fourth-order valence-corrected chi connectivity index (χ4v) is 6.00. The highest BCUT2D eigenvalue weighted by atomic mass is 16.6. The van der Waals surface area contributed by atoms with E-state index >= 15 is 0 Å². The maximum Gasteiger partial charge on any atom is 0.410 e. The summed E-state index contributed by atoms with van der Waals surface area (Å²) in [6.07, 6.45) is -0.437. The molecule has 0 bridgehead atoms. The zero-order chi connectivity index (χ0) is 31.1. The van der Waals surface area contributed by atoms with Crippen molar-refractivity contribution in [3.63, 3.8) is 0 Å². The maximum atomic E-state index is 14.5. The van der Waals surface area contributed by atoms with Crippen LogP contribution in [0.2, 0.25) is 0 Å². The van der Waals surface area contributed by atoms with Crippen LogP contribution in [0, 0.1) is 0 Å². The van der Waals surface area contributed by atoms with Crippen LogP contribution >= 0.6 is 0 Å². The van der Waals surface area contributed by atoms with E-state index in [0.29, 0.717) is 28.2 Å². The standard InChI is InChI=1S/C36H35NO7/c1-42-29-17-13-26(14-18-29)32(33(38)27-15-19-30(43-2)20-16-27)31-23-36(34(39)40,28-11-7-4-8-12-28)21-22-37(31)35(41)44-24-25-9-5-3-6-10-25/h3-20,31-32H,21-24H2,1-2H3,(H,39,40). The minimum Gasteiger partial charge on any atom is -0.497 e. The number of likely N-dealkylation sites (tertiary alicyclic amines) is 1. The zero-order valence-electron chi connectivity index (χ0n) is 24.7. The van der Waals surface area contributed by atoms with E-state index in [1.54, 1.807) is 87.0 Å². The molecule has 0 saturated carbocycles. The van der Waals surface area contributed by atoms with Crippen molar-refractivity contribution in [1.82, 2.24) is 4.90 Å². The molecule has 1 aliphatic rings. The van der Waals surface area contributed by atoms with Crippen LogP contribution in [0.1, 0.15) is 45.8 Å². The number of carboxylic acids is 1. The summed E-state index contributed by atoms with van der Waals surface area (Å²) in [7, 11) is 3.11. The van der Waals surface area contributed by atoms with Crippen LogP contribution in [-0.2, 0) is 21.6 Å². The molecule has 0 radical (unpaired) electrons. The molecule has 0 aromatic heterocycles. The summed E-state index contributed by atoms with van der Waals surface area (Å²) in [5, 5.41) is 10.7. The van der Waals surface area contributed by atoms with Gasteiger partial charge in [-0.25, -0.2) is 4.79 Å². The highest BCUT2D eigenvalue weighted by Gasteiger charge is 2.52.